The molecule has 2 N–H and O–H groups in total. The van der Waals surface area contributed by atoms with Crippen molar-refractivity contribution >= 4 is 45.2 Å². The quantitative estimate of drug-likeness (QED) is 0.609. The fourth-order valence-corrected chi connectivity index (χ4v) is 3.68. The van der Waals surface area contributed by atoms with Crippen LogP contribution in [0.15, 0.2) is 46.9 Å². The van der Waals surface area contributed by atoms with Crippen LogP contribution in [0, 0.1) is 17.6 Å². The largest absolute Gasteiger partial charge is 0.455 e. The normalized spacial score (nSPS) is 15.8. The number of amides is 3. The van der Waals surface area contributed by atoms with Crippen molar-refractivity contribution in [3.63, 3.8) is 0 Å². The molecule has 2 aromatic carbocycles. The monoisotopic (exact) mass is 495 g/mol. The molecule has 1 aliphatic rings. The Balaban J connectivity index is 1.50. The molecule has 10 heteroatoms. The lowest BCUT2D eigenvalue weighted by Gasteiger charge is -2.31. The molecule has 1 aliphatic heterocycles. The molecular formula is C21H20BrF2N3O4. The fraction of sp³-hybridized carbons (Fsp3) is 0.286. The van der Waals surface area contributed by atoms with E-state index in [9.17, 15) is 23.2 Å². The van der Waals surface area contributed by atoms with E-state index in [4.69, 9.17) is 4.74 Å². The van der Waals surface area contributed by atoms with E-state index < -0.39 is 36.0 Å². The van der Waals surface area contributed by atoms with Gasteiger partial charge >= 0.3 is 12.0 Å². The molecule has 1 saturated heterocycles. The average Bonchev–Trinajstić information content (AvgIpc) is 2.75. The first-order valence-electron chi connectivity index (χ1n) is 9.55. The molecule has 164 valence electrons. The van der Waals surface area contributed by atoms with Crippen LogP contribution in [0.5, 0.6) is 0 Å². The van der Waals surface area contributed by atoms with Crippen LogP contribution in [0.3, 0.4) is 0 Å². The number of piperidine rings is 1. The molecule has 3 rings (SSSR count). The van der Waals surface area contributed by atoms with E-state index in [1.807, 2.05) is 6.07 Å². The number of benzene rings is 2. The van der Waals surface area contributed by atoms with Crippen molar-refractivity contribution in [3.05, 3.63) is 58.6 Å². The maximum absolute atomic E-state index is 13.8. The number of likely N-dealkylation sites (tertiary alicyclic amines) is 1. The molecule has 0 saturated carbocycles. The molecule has 1 fully saturated rings. The van der Waals surface area contributed by atoms with Crippen molar-refractivity contribution in [2.45, 2.75) is 12.8 Å². The lowest BCUT2D eigenvalue weighted by Crippen LogP contribution is -2.45. The van der Waals surface area contributed by atoms with Crippen LogP contribution in [0.2, 0.25) is 0 Å². The Morgan fingerprint density at radius 1 is 1.13 bits per heavy atom. The minimum atomic E-state index is -0.959. The SMILES string of the molecule is O=C(COC(=O)C1CCCN(C(=O)Nc2ccccc2)C1)Nc1c(F)cc(F)cc1Br. The predicted octanol–water partition coefficient (Wildman–Crippen LogP) is 4.15. The Hall–Kier alpha value is -3.01. The van der Waals surface area contributed by atoms with E-state index in [1.54, 1.807) is 24.3 Å². The standard InChI is InChI=1S/C21H20BrF2N3O4/c22-16-9-14(23)10-17(24)19(16)26-18(28)12-31-20(29)13-5-4-8-27(11-13)21(30)25-15-6-2-1-3-7-15/h1-3,6-7,9-10,13H,4-5,8,11-12H2,(H,25,30)(H,26,28). The summed E-state index contributed by atoms with van der Waals surface area (Å²) < 4.78 is 32.0. The highest BCUT2D eigenvalue weighted by atomic mass is 79.9. The molecule has 31 heavy (non-hydrogen) atoms. The van der Waals surface area contributed by atoms with E-state index in [2.05, 4.69) is 26.6 Å². The van der Waals surface area contributed by atoms with Crippen molar-refractivity contribution in [1.82, 2.24) is 4.90 Å². The van der Waals surface area contributed by atoms with E-state index in [1.165, 1.54) is 4.90 Å². The van der Waals surface area contributed by atoms with E-state index in [0.717, 1.165) is 6.07 Å². The molecule has 1 atom stereocenters. The molecule has 0 aromatic heterocycles. The molecule has 0 spiro atoms. The zero-order valence-corrected chi connectivity index (χ0v) is 18.0. The van der Waals surface area contributed by atoms with Gasteiger partial charge in [-0.15, -0.1) is 0 Å². The number of ether oxygens (including phenoxy) is 1. The molecule has 7 nitrogen and oxygen atoms in total. The number of hydrogen-bond acceptors (Lipinski definition) is 4. The van der Waals surface area contributed by atoms with Gasteiger partial charge in [0.05, 0.1) is 11.6 Å². The number of carbonyl (C=O) groups excluding carboxylic acids is 3. The summed E-state index contributed by atoms with van der Waals surface area (Å²) in [6, 6.07) is 10.3. The van der Waals surface area contributed by atoms with Gasteiger partial charge in [-0.2, -0.15) is 0 Å². The number of nitrogens with zero attached hydrogens (tertiary/aromatic N) is 1. The Kier molecular flexibility index (Phi) is 7.56. The average molecular weight is 496 g/mol. The number of carbonyl (C=O) groups is 3. The van der Waals surface area contributed by atoms with Crippen LogP contribution < -0.4 is 10.6 Å². The third-order valence-electron chi connectivity index (χ3n) is 4.68. The highest BCUT2D eigenvalue weighted by Gasteiger charge is 2.30. The third-order valence-corrected chi connectivity index (χ3v) is 5.31. The first-order chi connectivity index (χ1) is 14.8. The van der Waals surface area contributed by atoms with E-state index in [0.29, 0.717) is 31.1 Å². The number of rotatable bonds is 5. The summed E-state index contributed by atoms with van der Waals surface area (Å²) in [5.41, 5.74) is 0.400. The van der Waals surface area contributed by atoms with E-state index >= 15 is 0 Å². The van der Waals surface area contributed by atoms with Crippen LogP contribution in [0.25, 0.3) is 0 Å². The summed E-state index contributed by atoms with van der Waals surface area (Å²) in [5.74, 6) is -3.72. The Morgan fingerprint density at radius 2 is 1.87 bits per heavy atom. The Bertz CT molecular complexity index is 951. The number of esters is 1. The molecule has 1 heterocycles. The van der Waals surface area contributed by atoms with Gasteiger partial charge in [0, 0.05) is 29.3 Å². The highest BCUT2D eigenvalue weighted by Crippen LogP contribution is 2.27. The molecule has 0 aliphatic carbocycles. The first kappa shape index (κ1) is 22.7. The summed E-state index contributed by atoms with van der Waals surface area (Å²) in [4.78, 5) is 38.3. The van der Waals surface area contributed by atoms with Gasteiger partial charge in [-0.05, 0) is 47.0 Å². The van der Waals surface area contributed by atoms with Crippen molar-refractivity contribution in [1.29, 1.82) is 0 Å². The van der Waals surface area contributed by atoms with Gasteiger partial charge in [0.15, 0.2) is 12.4 Å². The summed E-state index contributed by atoms with van der Waals surface area (Å²) in [6.07, 6.45) is 1.13. The number of halogens is 3. The summed E-state index contributed by atoms with van der Waals surface area (Å²) in [5, 5.41) is 5.01. The highest BCUT2D eigenvalue weighted by molar-refractivity contribution is 9.10. The molecule has 0 radical (unpaired) electrons. The number of nitrogens with one attached hydrogen (secondary N) is 2. The summed E-state index contributed by atoms with van der Waals surface area (Å²) in [7, 11) is 0. The lowest BCUT2D eigenvalue weighted by molar-refractivity contribution is -0.152. The fourth-order valence-electron chi connectivity index (χ4n) is 3.17. The van der Waals surface area contributed by atoms with Crippen molar-refractivity contribution in [2.75, 3.05) is 30.3 Å². The van der Waals surface area contributed by atoms with Gasteiger partial charge in [0.2, 0.25) is 0 Å². The first-order valence-corrected chi connectivity index (χ1v) is 10.3. The molecule has 1 unspecified atom stereocenters. The topological polar surface area (TPSA) is 87.7 Å². The second kappa shape index (κ2) is 10.3. The number of para-hydroxylation sites is 1. The van der Waals surface area contributed by atoms with E-state index in [-0.39, 0.29) is 22.7 Å². The van der Waals surface area contributed by atoms with Crippen LogP contribution in [0.4, 0.5) is 25.0 Å². The number of urea groups is 1. The molecular weight excluding hydrogens is 476 g/mol. The van der Waals surface area contributed by atoms with Crippen molar-refractivity contribution in [3.8, 4) is 0 Å². The minimum Gasteiger partial charge on any atom is -0.455 e. The number of hydrogen-bond donors (Lipinski definition) is 2. The zero-order valence-electron chi connectivity index (χ0n) is 16.4. The lowest BCUT2D eigenvalue weighted by atomic mass is 9.98. The minimum absolute atomic E-state index is 0.0250. The van der Waals surface area contributed by atoms with Gasteiger partial charge < -0.3 is 20.3 Å². The summed E-state index contributed by atoms with van der Waals surface area (Å²) in [6.45, 7) is 0.0346. The smallest absolute Gasteiger partial charge is 0.321 e. The predicted molar refractivity (Wildman–Crippen MR) is 113 cm³/mol. The van der Waals surface area contributed by atoms with Crippen LogP contribution >= 0.6 is 15.9 Å². The maximum atomic E-state index is 13.8. The van der Waals surface area contributed by atoms with Crippen LogP contribution in [-0.4, -0.2) is 42.5 Å². The van der Waals surface area contributed by atoms with Gasteiger partial charge in [-0.1, -0.05) is 18.2 Å². The Morgan fingerprint density at radius 3 is 2.58 bits per heavy atom. The van der Waals surface area contributed by atoms with Crippen LogP contribution in [-0.2, 0) is 14.3 Å². The van der Waals surface area contributed by atoms with Gasteiger partial charge in [-0.3, -0.25) is 9.59 Å². The van der Waals surface area contributed by atoms with Gasteiger partial charge in [0.1, 0.15) is 5.82 Å². The Labute approximate surface area is 185 Å². The number of anilines is 2. The summed E-state index contributed by atoms with van der Waals surface area (Å²) >= 11 is 2.97. The van der Waals surface area contributed by atoms with Gasteiger partial charge in [0.25, 0.3) is 5.91 Å². The van der Waals surface area contributed by atoms with Crippen molar-refractivity contribution < 1.29 is 27.9 Å². The second-order valence-electron chi connectivity index (χ2n) is 6.98. The van der Waals surface area contributed by atoms with Crippen LogP contribution in [0.1, 0.15) is 12.8 Å². The molecule has 3 amide bonds. The van der Waals surface area contributed by atoms with Gasteiger partial charge in [-0.25, -0.2) is 13.6 Å². The van der Waals surface area contributed by atoms with Crippen molar-refractivity contribution in [2.24, 2.45) is 5.92 Å². The zero-order chi connectivity index (χ0) is 22.4. The maximum Gasteiger partial charge on any atom is 0.321 e. The molecule has 0 bridgehead atoms. The second-order valence-corrected chi connectivity index (χ2v) is 7.84. The molecule has 2 aromatic rings. The third kappa shape index (κ3) is 6.24.